The zero-order valence-electron chi connectivity index (χ0n) is 30.9. The second-order valence-corrected chi connectivity index (χ2v) is 13.8. The molecule has 0 aromatic rings. The Morgan fingerprint density at radius 2 is 1.20 bits per heavy atom. The van der Waals surface area contributed by atoms with Crippen LogP contribution in [-0.4, -0.2) is 87.5 Å². The molecule has 1 aliphatic heterocycles. The second kappa shape index (κ2) is 31.2. The normalized spacial score (nSPS) is 22.8. The lowest BCUT2D eigenvalue weighted by Gasteiger charge is -2.40. The van der Waals surface area contributed by atoms with E-state index in [0.29, 0.717) is 6.42 Å². The standard InChI is InChI=1S/C40H73NO8/c1-3-5-7-9-11-13-15-16-17-18-20-22-24-26-28-30-36(44)41-33(32-48-40-39(47)38(46)37(45)35(31-42)49-40)34(43)29-27-25-23-21-19-14-12-10-8-6-4-2/h16-17,23,25,27,29,33-35,37-40,42-43,45-47H,3-15,18-22,24,26,28,30-32H2,1-2H3,(H,41,44)/b17-16+,25-23+,29-27+/t33-,34+,35-,37-,38?,39?,40-/m0/s1. The summed E-state index contributed by atoms with van der Waals surface area (Å²) < 4.78 is 11.1. The summed E-state index contributed by atoms with van der Waals surface area (Å²) in [5, 5.41) is 53.8. The molecule has 0 bridgehead atoms. The maximum Gasteiger partial charge on any atom is 0.220 e. The second-order valence-electron chi connectivity index (χ2n) is 13.8. The first kappa shape index (κ1) is 45.4. The van der Waals surface area contributed by atoms with Crippen molar-refractivity contribution in [1.29, 1.82) is 0 Å². The smallest absolute Gasteiger partial charge is 0.220 e. The Balaban J connectivity index is 2.47. The van der Waals surface area contributed by atoms with Crippen molar-refractivity contribution in [1.82, 2.24) is 5.32 Å². The Bertz CT molecular complexity index is 863. The number of hydrogen-bond acceptors (Lipinski definition) is 8. The summed E-state index contributed by atoms with van der Waals surface area (Å²) in [4.78, 5) is 12.8. The number of carbonyl (C=O) groups excluding carboxylic acids is 1. The van der Waals surface area contributed by atoms with Crippen LogP contribution in [0.2, 0.25) is 0 Å². The number of hydrogen-bond donors (Lipinski definition) is 6. The summed E-state index contributed by atoms with van der Waals surface area (Å²) in [6.07, 6.45) is 29.1. The molecule has 0 aliphatic carbocycles. The van der Waals surface area contributed by atoms with Crippen molar-refractivity contribution in [3.8, 4) is 0 Å². The molecule has 0 saturated carbocycles. The number of unbranched alkanes of at least 4 members (excludes halogenated alkanes) is 18. The van der Waals surface area contributed by atoms with Gasteiger partial charge in [0.2, 0.25) is 5.91 Å². The highest BCUT2D eigenvalue weighted by molar-refractivity contribution is 5.76. The molecule has 9 nitrogen and oxygen atoms in total. The van der Waals surface area contributed by atoms with Crippen molar-refractivity contribution in [2.45, 2.75) is 198 Å². The van der Waals surface area contributed by atoms with E-state index in [2.05, 4.69) is 37.4 Å². The summed E-state index contributed by atoms with van der Waals surface area (Å²) in [5.41, 5.74) is 0. The van der Waals surface area contributed by atoms with Gasteiger partial charge in [-0.05, 0) is 44.9 Å². The Morgan fingerprint density at radius 1 is 0.694 bits per heavy atom. The molecule has 0 aromatic heterocycles. The van der Waals surface area contributed by atoms with Crippen molar-refractivity contribution in [2.24, 2.45) is 0 Å². The van der Waals surface area contributed by atoms with E-state index >= 15 is 0 Å². The quantitative estimate of drug-likeness (QED) is 0.0260. The van der Waals surface area contributed by atoms with Gasteiger partial charge in [0.25, 0.3) is 0 Å². The van der Waals surface area contributed by atoms with Crippen LogP contribution in [0.15, 0.2) is 36.5 Å². The van der Waals surface area contributed by atoms with Crippen molar-refractivity contribution in [3.63, 3.8) is 0 Å². The lowest BCUT2D eigenvalue weighted by atomic mass is 9.99. The van der Waals surface area contributed by atoms with Gasteiger partial charge in [-0.25, -0.2) is 0 Å². The number of ether oxygens (including phenoxy) is 2. The summed E-state index contributed by atoms with van der Waals surface area (Å²) >= 11 is 0. The molecule has 9 heteroatoms. The van der Waals surface area contributed by atoms with E-state index in [1.807, 2.05) is 6.08 Å². The molecule has 1 aliphatic rings. The first-order chi connectivity index (χ1) is 23.8. The fourth-order valence-corrected chi connectivity index (χ4v) is 5.97. The maximum absolute atomic E-state index is 12.8. The van der Waals surface area contributed by atoms with Crippen LogP contribution in [0.1, 0.15) is 155 Å². The molecular weight excluding hydrogens is 622 g/mol. The van der Waals surface area contributed by atoms with Crippen LogP contribution >= 0.6 is 0 Å². The van der Waals surface area contributed by atoms with E-state index < -0.39 is 49.5 Å². The third-order valence-corrected chi connectivity index (χ3v) is 9.24. The van der Waals surface area contributed by atoms with Gasteiger partial charge in [0.1, 0.15) is 24.4 Å². The van der Waals surface area contributed by atoms with Gasteiger partial charge in [-0.2, -0.15) is 0 Å². The molecule has 0 aromatic carbocycles. The molecule has 6 N–H and O–H groups in total. The van der Waals surface area contributed by atoms with Gasteiger partial charge in [-0.3, -0.25) is 4.79 Å². The van der Waals surface area contributed by atoms with Gasteiger partial charge in [-0.15, -0.1) is 0 Å². The lowest BCUT2D eigenvalue weighted by Crippen LogP contribution is -2.60. The zero-order valence-corrected chi connectivity index (χ0v) is 30.9. The summed E-state index contributed by atoms with van der Waals surface area (Å²) in [6, 6.07) is -0.837. The van der Waals surface area contributed by atoms with Crippen molar-refractivity contribution in [2.75, 3.05) is 13.2 Å². The Kier molecular flexibility index (Phi) is 28.9. The predicted octanol–water partition coefficient (Wildman–Crippen LogP) is 6.94. The minimum atomic E-state index is -1.57. The van der Waals surface area contributed by atoms with E-state index in [9.17, 15) is 30.3 Å². The monoisotopic (exact) mass is 696 g/mol. The topological polar surface area (TPSA) is 149 Å². The van der Waals surface area contributed by atoms with Gasteiger partial charge < -0.3 is 40.3 Å². The summed E-state index contributed by atoms with van der Waals surface area (Å²) in [7, 11) is 0. The minimum absolute atomic E-state index is 0.207. The molecule has 286 valence electrons. The van der Waals surface area contributed by atoms with Crippen LogP contribution in [-0.2, 0) is 14.3 Å². The van der Waals surface area contributed by atoms with E-state index in [1.54, 1.807) is 12.2 Å². The van der Waals surface area contributed by atoms with E-state index in [1.165, 1.54) is 83.5 Å². The van der Waals surface area contributed by atoms with Crippen LogP contribution in [0.25, 0.3) is 0 Å². The lowest BCUT2D eigenvalue weighted by molar-refractivity contribution is -0.302. The van der Waals surface area contributed by atoms with Crippen LogP contribution in [0.4, 0.5) is 0 Å². The van der Waals surface area contributed by atoms with Crippen molar-refractivity contribution >= 4 is 5.91 Å². The third-order valence-electron chi connectivity index (χ3n) is 9.24. The van der Waals surface area contributed by atoms with Crippen LogP contribution < -0.4 is 5.32 Å². The predicted molar refractivity (Wildman–Crippen MR) is 198 cm³/mol. The number of aliphatic hydroxyl groups is 5. The molecule has 1 rings (SSSR count). The molecular formula is C40H73NO8. The highest BCUT2D eigenvalue weighted by Crippen LogP contribution is 2.22. The Hall–Kier alpha value is -1.59. The Labute approximate surface area is 298 Å². The average molecular weight is 696 g/mol. The fraction of sp³-hybridized carbons (Fsp3) is 0.825. The van der Waals surface area contributed by atoms with Crippen LogP contribution in [0.5, 0.6) is 0 Å². The highest BCUT2D eigenvalue weighted by Gasteiger charge is 2.44. The molecule has 0 radical (unpaired) electrons. The van der Waals surface area contributed by atoms with Crippen molar-refractivity contribution in [3.05, 3.63) is 36.5 Å². The fourth-order valence-electron chi connectivity index (χ4n) is 5.97. The zero-order chi connectivity index (χ0) is 36.0. The highest BCUT2D eigenvalue weighted by atomic mass is 16.7. The molecule has 49 heavy (non-hydrogen) atoms. The molecule has 1 heterocycles. The number of amides is 1. The molecule has 1 fully saturated rings. The van der Waals surface area contributed by atoms with Gasteiger partial charge in [0.15, 0.2) is 6.29 Å². The van der Waals surface area contributed by atoms with E-state index in [0.717, 1.165) is 51.4 Å². The SMILES string of the molecule is CCCCCCCC/C=C/CCCCCCCC(=O)N[C@@H](CO[C@H]1O[C@@H](CO)[C@H](O)C(O)C1O)[C@H](O)/C=C/C=C/CCCCCCCCC. The molecule has 7 atom stereocenters. The van der Waals surface area contributed by atoms with Gasteiger partial charge >= 0.3 is 0 Å². The Morgan fingerprint density at radius 3 is 1.76 bits per heavy atom. The summed E-state index contributed by atoms with van der Waals surface area (Å²) in [5.74, 6) is -0.207. The number of allylic oxidation sites excluding steroid dienone is 5. The molecule has 2 unspecified atom stereocenters. The van der Waals surface area contributed by atoms with Gasteiger partial charge in [0, 0.05) is 6.42 Å². The first-order valence-electron chi connectivity index (χ1n) is 19.7. The number of carbonyl (C=O) groups is 1. The number of rotatable bonds is 31. The minimum Gasteiger partial charge on any atom is -0.394 e. The molecule has 1 saturated heterocycles. The van der Waals surface area contributed by atoms with E-state index in [-0.39, 0.29) is 12.5 Å². The number of aliphatic hydroxyl groups excluding tert-OH is 5. The van der Waals surface area contributed by atoms with Gasteiger partial charge in [0.05, 0.1) is 25.4 Å². The summed E-state index contributed by atoms with van der Waals surface area (Å²) in [6.45, 7) is 3.68. The van der Waals surface area contributed by atoms with Crippen LogP contribution in [0.3, 0.4) is 0 Å². The molecule has 1 amide bonds. The number of nitrogens with one attached hydrogen (secondary N) is 1. The maximum atomic E-state index is 12.8. The largest absolute Gasteiger partial charge is 0.394 e. The van der Waals surface area contributed by atoms with Gasteiger partial charge in [-0.1, -0.05) is 140 Å². The average Bonchev–Trinajstić information content (AvgIpc) is 3.10. The molecule has 0 spiro atoms. The van der Waals surface area contributed by atoms with Crippen molar-refractivity contribution < 1.29 is 39.8 Å². The third kappa shape index (κ3) is 22.8. The van der Waals surface area contributed by atoms with E-state index in [4.69, 9.17) is 9.47 Å². The first-order valence-corrected chi connectivity index (χ1v) is 19.7. The van der Waals surface area contributed by atoms with Crippen LogP contribution in [0, 0.1) is 0 Å².